The van der Waals surface area contributed by atoms with E-state index >= 15 is 0 Å². The summed E-state index contributed by atoms with van der Waals surface area (Å²) >= 11 is 0. The third-order valence-corrected chi connectivity index (χ3v) is 5.13. The van der Waals surface area contributed by atoms with Gasteiger partial charge < -0.3 is 15.0 Å². The first kappa shape index (κ1) is 15.8. The average Bonchev–Trinajstić information content (AvgIpc) is 2.55. The van der Waals surface area contributed by atoms with Crippen LogP contribution in [0.4, 0.5) is 0 Å². The molecule has 2 heterocycles. The molecule has 1 aromatic carbocycles. The molecule has 1 aromatic rings. The Kier molecular flexibility index (Phi) is 5.01. The second kappa shape index (κ2) is 6.99. The number of benzene rings is 1. The predicted octanol–water partition coefficient (Wildman–Crippen LogP) is 1.87. The SMILES string of the molecule is CCC1Cc2cc(CN3CCN(C)CC3)c(OC)cc2CN1. The molecule has 0 radical (unpaired) electrons. The molecule has 0 aromatic heterocycles. The molecule has 3 rings (SSSR count). The monoisotopic (exact) mass is 303 g/mol. The quantitative estimate of drug-likeness (QED) is 0.919. The van der Waals surface area contributed by atoms with Gasteiger partial charge in [0.1, 0.15) is 5.75 Å². The van der Waals surface area contributed by atoms with Gasteiger partial charge in [-0.05, 0) is 37.1 Å². The molecular formula is C18H29N3O. The highest BCUT2D eigenvalue weighted by atomic mass is 16.5. The highest BCUT2D eigenvalue weighted by Gasteiger charge is 2.21. The summed E-state index contributed by atoms with van der Waals surface area (Å²) in [4.78, 5) is 4.95. The molecule has 1 saturated heterocycles. The lowest BCUT2D eigenvalue weighted by Gasteiger charge is -2.33. The molecule has 0 amide bonds. The van der Waals surface area contributed by atoms with Gasteiger partial charge in [-0.25, -0.2) is 0 Å². The van der Waals surface area contributed by atoms with Crippen molar-refractivity contribution in [3.8, 4) is 5.75 Å². The van der Waals surface area contributed by atoms with Crippen LogP contribution in [-0.4, -0.2) is 56.2 Å². The van der Waals surface area contributed by atoms with Crippen molar-refractivity contribution in [2.24, 2.45) is 0 Å². The molecule has 1 fully saturated rings. The number of hydrogen-bond acceptors (Lipinski definition) is 4. The Morgan fingerprint density at radius 3 is 2.64 bits per heavy atom. The first-order valence-electron chi connectivity index (χ1n) is 8.52. The molecule has 2 aliphatic heterocycles. The van der Waals surface area contributed by atoms with E-state index in [1.807, 2.05) is 0 Å². The van der Waals surface area contributed by atoms with Gasteiger partial charge in [0, 0.05) is 50.9 Å². The Balaban J connectivity index is 1.78. The van der Waals surface area contributed by atoms with E-state index in [4.69, 9.17) is 4.74 Å². The van der Waals surface area contributed by atoms with E-state index in [1.165, 1.54) is 23.1 Å². The summed E-state index contributed by atoms with van der Waals surface area (Å²) in [5, 5.41) is 3.61. The maximum absolute atomic E-state index is 5.66. The van der Waals surface area contributed by atoms with Crippen LogP contribution in [0.3, 0.4) is 0 Å². The Morgan fingerprint density at radius 2 is 1.95 bits per heavy atom. The minimum Gasteiger partial charge on any atom is -0.496 e. The number of fused-ring (bicyclic) bond motifs is 1. The van der Waals surface area contributed by atoms with Gasteiger partial charge in [-0.1, -0.05) is 13.0 Å². The number of nitrogens with zero attached hydrogens (tertiary/aromatic N) is 2. The van der Waals surface area contributed by atoms with Crippen LogP contribution in [0, 0.1) is 0 Å². The number of likely N-dealkylation sites (N-methyl/N-ethyl adjacent to an activating group) is 1. The zero-order valence-electron chi connectivity index (χ0n) is 14.2. The standard InChI is InChI=1S/C18H29N3O/c1-4-17-10-14-9-16(13-21-7-5-20(2)6-8-21)18(22-3)11-15(14)12-19-17/h9,11,17,19H,4-8,10,12-13H2,1-3H3. The van der Waals surface area contributed by atoms with E-state index in [0.29, 0.717) is 6.04 Å². The van der Waals surface area contributed by atoms with Crippen LogP contribution in [0.1, 0.15) is 30.0 Å². The van der Waals surface area contributed by atoms with E-state index < -0.39 is 0 Å². The van der Waals surface area contributed by atoms with Crippen LogP contribution in [-0.2, 0) is 19.5 Å². The second-order valence-electron chi connectivity index (χ2n) is 6.70. The highest BCUT2D eigenvalue weighted by molar-refractivity contribution is 5.44. The minimum absolute atomic E-state index is 0.623. The number of ether oxygens (including phenoxy) is 1. The van der Waals surface area contributed by atoms with Crippen molar-refractivity contribution in [3.05, 3.63) is 28.8 Å². The lowest BCUT2D eigenvalue weighted by molar-refractivity contribution is 0.147. The van der Waals surface area contributed by atoms with Gasteiger partial charge in [0.05, 0.1) is 7.11 Å². The van der Waals surface area contributed by atoms with Crippen molar-refractivity contribution in [2.75, 3.05) is 40.3 Å². The van der Waals surface area contributed by atoms with Gasteiger partial charge in [-0.3, -0.25) is 4.90 Å². The molecule has 1 N–H and O–H groups in total. The fourth-order valence-electron chi connectivity index (χ4n) is 3.51. The van der Waals surface area contributed by atoms with Gasteiger partial charge in [-0.2, -0.15) is 0 Å². The molecule has 4 heteroatoms. The van der Waals surface area contributed by atoms with Crippen LogP contribution in [0.2, 0.25) is 0 Å². The van der Waals surface area contributed by atoms with Gasteiger partial charge in [0.2, 0.25) is 0 Å². The number of piperazine rings is 1. The van der Waals surface area contributed by atoms with Crippen molar-refractivity contribution in [1.82, 2.24) is 15.1 Å². The Bertz CT molecular complexity index is 509. The summed E-state index contributed by atoms with van der Waals surface area (Å²) in [6.07, 6.45) is 2.34. The summed E-state index contributed by atoms with van der Waals surface area (Å²) in [6, 6.07) is 5.27. The minimum atomic E-state index is 0.623. The summed E-state index contributed by atoms with van der Waals surface area (Å²) in [6.45, 7) is 8.86. The molecule has 22 heavy (non-hydrogen) atoms. The molecule has 4 nitrogen and oxygen atoms in total. The Labute approximate surface area is 134 Å². The number of rotatable bonds is 4. The van der Waals surface area contributed by atoms with E-state index in [9.17, 15) is 0 Å². The van der Waals surface area contributed by atoms with Crippen molar-refractivity contribution < 1.29 is 4.74 Å². The lowest BCUT2D eigenvalue weighted by atomic mass is 9.92. The van der Waals surface area contributed by atoms with Crippen LogP contribution in [0.25, 0.3) is 0 Å². The van der Waals surface area contributed by atoms with Crippen LogP contribution < -0.4 is 10.1 Å². The normalized spacial score (nSPS) is 23.3. The third kappa shape index (κ3) is 3.45. The molecule has 122 valence electrons. The molecular weight excluding hydrogens is 274 g/mol. The van der Waals surface area contributed by atoms with E-state index in [0.717, 1.165) is 51.4 Å². The summed E-state index contributed by atoms with van der Waals surface area (Å²) in [5.74, 6) is 1.05. The topological polar surface area (TPSA) is 27.7 Å². The Hall–Kier alpha value is -1.10. The first-order chi connectivity index (χ1) is 10.7. The van der Waals surface area contributed by atoms with Crippen molar-refractivity contribution in [3.63, 3.8) is 0 Å². The number of hydrogen-bond donors (Lipinski definition) is 1. The van der Waals surface area contributed by atoms with Gasteiger partial charge in [0.15, 0.2) is 0 Å². The third-order valence-electron chi connectivity index (χ3n) is 5.13. The molecule has 1 unspecified atom stereocenters. The fourth-order valence-corrected chi connectivity index (χ4v) is 3.51. The van der Waals surface area contributed by atoms with Crippen molar-refractivity contribution in [2.45, 2.75) is 38.9 Å². The number of methoxy groups -OCH3 is 1. The smallest absolute Gasteiger partial charge is 0.123 e. The molecule has 1 atom stereocenters. The van der Waals surface area contributed by atoms with Crippen LogP contribution in [0.5, 0.6) is 5.75 Å². The van der Waals surface area contributed by atoms with Crippen LogP contribution >= 0.6 is 0 Å². The van der Waals surface area contributed by atoms with Gasteiger partial charge in [-0.15, -0.1) is 0 Å². The predicted molar refractivity (Wildman–Crippen MR) is 90.4 cm³/mol. The summed E-state index contributed by atoms with van der Waals surface area (Å²) < 4.78 is 5.66. The second-order valence-corrected chi connectivity index (χ2v) is 6.70. The first-order valence-corrected chi connectivity index (χ1v) is 8.52. The van der Waals surface area contributed by atoms with Crippen molar-refractivity contribution in [1.29, 1.82) is 0 Å². The van der Waals surface area contributed by atoms with E-state index in [2.05, 4.69) is 41.2 Å². The van der Waals surface area contributed by atoms with Gasteiger partial charge >= 0.3 is 0 Å². The molecule has 2 aliphatic rings. The largest absolute Gasteiger partial charge is 0.496 e. The zero-order chi connectivity index (χ0) is 15.5. The van der Waals surface area contributed by atoms with E-state index in [1.54, 1.807) is 7.11 Å². The van der Waals surface area contributed by atoms with Crippen molar-refractivity contribution >= 4 is 0 Å². The zero-order valence-corrected chi connectivity index (χ0v) is 14.2. The number of nitrogens with one attached hydrogen (secondary N) is 1. The van der Waals surface area contributed by atoms with E-state index in [-0.39, 0.29) is 0 Å². The summed E-state index contributed by atoms with van der Waals surface area (Å²) in [7, 11) is 4.00. The molecule has 0 aliphatic carbocycles. The maximum atomic E-state index is 5.66. The maximum Gasteiger partial charge on any atom is 0.123 e. The Morgan fingerprint density at radius 1 is 1.18 bits per heavy atom. The molecule has 0 spiro atoms. The van der Waals surface area contributed by atoms with Gasteiger partial charge in [0.25, 0.3) is 0 Å². The summed E-state index contributed by atoms with van der Waals surface area (Å²) in [5.41, 5.74) is 4.27. The fraction of sp³-hybridized carbons (Fsp3) is 0.667. The molecule has 0 saturated carbocycles. The average molecular weight is 303 g/mol. The highest BCUT2D eigenvalue weighted by Crippen LogP contribution is 2.28. The molecule has 0 bridgehead atoms. The lowest BCUT2D eigenvalue weighted by Crippen LogP contribution is -2.44. The van der Waals surface area contributed by atoms with Crippen LogP contribution in [0.15, 0.2) is 12.1 Å².